The number of rotatable bonds is 3. The predicted molar refractivity (Wildman–Crippen MR) is 66.7 cm³/mol. The number of hydrogen-bond acceptors (Lipinski definition) is 1. The summed E-state index contributed by atoms with van der Waals surface area (Å²) < 4.78 is 11.2. The minimum atomic E-state index is -0.732. The van der Waals surface area contributed by atoms with E-state index in [1.807, 2.05) is 60.7 Å². The van der Waals surface area contributed by atoms with Crippen LogP contribution in [-0.4, -0.2) is 0 Å². The molecule has 0 fully saturated rings. The molecule has 0 N–H and O–H groups in total. The molecule has 0 aliphatic heterocycles. The molecule has 0 aliphatic rings. The maximum Gasteiger partial charge on any atom is 0.191 e. The van der Waals surface area contributed by atoms with Crippen molar-refractivity contribution < 1.29 is 21.6 Å². The van der Waals surface area contributed by atoms with Gasteiger partial charge in [0.05, 0.1) is 7.61 Å². The monoisotopic (exact) mass is 288 g/mol. The average Bonchev–Trinajstić information content (AvgIpc) is 2.33. The molecular formula is C12H10FeOP2. The average molecular weight is 288 g/mol. The van der Waals surface area contributed by atoms with Crippen LogP contribution in [0.5, 0.6) is 0 Å². The largest absolute Gasteiger partial charge is 0.269 e. The molecule has 0 unspecified atom stereocenters. The van der Waals surface area contributed by atoms with Crippen molar-refractivity contribution in [3.05, 3.63) is 60.7 Å². The molecule has 2 aromatic rings. The molecule has 2 rings (SSSR count). The van der Waals surface area contributed by atoms with Crippen LogP contribution < -0.4 is 10.6 Å². The molecule has 0 amide bonds. The molecule has 82 valence electrons. The zero-order chi connectivity index (χ0) is 10.5. The van der Waals surface area contributed by atoms with E-state index in [0.29, 0.717) is 0 Å². The minimum Gasteiger partial charge on any atom is -0.269 e. The van der Waals surface area contributed by atoms with Gasteiger partial charge in [-0.15, -0.1) is 0 Å². The summed E-state index contributed by atoms with van der Waals surface area (Å²) in [5.74, 6) is 0. The van der Waals surface area contributed by atoms with Crippen molar-refractivity contribution in [2.45, 2.75) is 0 Å². The van der Waals surface area contributed by atoms with Crippen LogP contribution in [0.15, 0.2) is 60.7 Å². The van der Waals surface area contributed by atoms with E-state index >= 15 is 0 Å². The number of benzene rings is 2. The van der Waals surface area contributed by atoms with E-state index in [0.717, 1.165) is 10.6 Å². The Morgan fingerprint density at radius 2 is 1.12 bits per heavy atom. The van der Waals surface area contributed by atoms with Gasteiger partial charge in [0, 0.05) is 17.1 Å². The van der Waals surface area contributed by atoms with Crippen molar-refractivity contribution >= 4 is 26.4 Å². The van der Waals surface area contributed by atoms with Crippen LogP contribution in [-0.2, 0) is 21.6 Å². The Bertz CT molecular complexity index is 394. The molecule has 0 aliphatic carbocycles. The fraction of sp³-hybridized carbons (Fsp3) is 0. The van der Waals surface area contributed by atoms with Gasteiger partial charge in [0.25, 0.3) is 0 Å². The van der Waals surface area contributed by atoms with Gasteiger partial charge in [-0.05, 0) is 10.6 Å². The molecule has 0 radical (unpaired) electrons. The van der Waals surface area contributed by atoms with E-state index in [2.05, 4.69) is 0 Å². The molecule has 0 saturated carbocycles. The third-order valence-electron chi connectivity index (χ3n) is 2.08. The smallest absolute Gasteiger partial charge is 0.191 e. The third kappa shape index (κ3) is 3.24. The summed E-state index contributed by atoms with van der Waals surface area (Å²) in [7, 11) is -0.527. The molecular weight excluding hydrogens is 278 g/mol. The first-order chi connectivity index (χ1) is 7.42. The predicted octanol–water partition coefficient (Wildman–Crippen LogP) is 3.32. The second-order valence-corrected chi connectivity index (χ2v) is 6.57. The fourth-order valence-electron chi connectivity index (χ4n) is 1.38. The summed E-state index contributed by atoms with van der Waals surface area (Å²) in [5.41, 5.74) is 0. The van der Waals surface area contributed by atoms with Gasteiger partial charge in [0.2, 0.25) is 0 Å². The molecule has 0 bridgehead atoms. The van der Waals surface area contributed by atoms with Crippen molar-refractivity contribution in [2.75, 3.05) is 0 Å². The molecule has 4 heteroatoms. The first-order valence-electron chi connectivity index (χ1n) is 4.65. The van der Waals surface area contributed by atoms with Gasteiger partial charge in [-0.2, -0.15) is 0 Å². The van der Waals surface area contributed by atoms with Crippen molar-refractivity contribution in [1.82, 2.24) is 0 Å². The Morgan fingerprint density at radius 1 is 0.750 bits per heavy atom. The van der Waals surface area contributed by atoms with Crippen molar-refractivity contribution in [3.8, 4) is 0 Å². The Balaban J connectivity index is 0.00000128. The van der Waals surface area contributed by atoms with Crippen molar-refractivity contribution in [3.63, 3.8) is 0 Å². The summed E-state index contributed by atoms with van der Waals surface area (Å²) in [6.07, 6.45) is 0. The standard InChI is InChI=1S/C12H10OP2.Fe/c13-14-15(11-7-3-1-4-8-11)12-9-5-2-6-10-12;/h1-10H;. The van der Waals surface area contributed by atoms with Gasteiger partial charge in [-0.3, -0.25) is 4.57 Å². The second-order valence-electron chi connectivity index (χ2n) is 3.06. The first-order valence-corrected chi connectivity index (χ1v) is 7.51. The van der Waals surface area contributed by atoms with Gasteiger partial charge >= 0.3 is 0 Å². The van der Waals surface area contributed by atoms with Crippen LogP contribution in [0, 0.1) is 0 Å². The topological polar surface area (TPSA) is 17.1 Å². The molecule has 0 heterocycles. The summed E-state index contributed by atoms with van der Waals surface area (Å²) in [4.78, 5) is 0. The Hall–Kier alpha value is -0.511. The minimum absolute atomic E-state index is 0. The van der Waals surface area contributed by atoms with E-state index < -0.39 is 7.61 Å². The van der Waals surface area contributed by atoms with Crippen LogP contribution in [0.1, 0.15) is 0 Å². The molecule has 0 aromatic heterocycles. The van der Waals surface area contributed by atoms with Crippen molar-refractivity contribution in [1.29, 1.82) is 0 Å². The number of hydrogen-bond donors (Lipinski definition) is 0. The summed E-state index contributed by atoms with van der Waals surface area (Å²) >= 11 is 0. The van der Waals surface area contributed by atoms with Gasteiger partial charge in [0.15, 0.2) is 8.15 Å². The van der Waals surface area contributed by atoms with E-state index in [1.54, 1.807) is 0 Å². The van der Waals surface area contributed by atoms with Crippen LogP contribution in [0.3, 0.4) is 0 Å². The maximum absolute atomic E-state index is 11.2. The van der Waals surface area contributed by atoms with E-state index in [4.69, 9.17) is 0 Å². The summed E-state index contributed by atoms with van der Waals surface area (Å²) in [5, 5.41) is 2.30. The van der Waals surface area contributed by atoms with E-state index in [9.17, 15) is 4.57 Å². The van der Waals surface area contributed by atoms with Gasteiger partial charge in [-0.1, -0.05) is 60.7 Å². The summed E-state index contributed by atoms with van der Waals surface area (Å²) in [6.45, 7) is 0. The summed E-state index contributed by atoms with van der Waals surface area (Å²) in [6, 6.07) is 20.0. The quantitative estimate of drug-likeness (QED) is 0.625. The van der Waals surface area contributed by atoms with Gasteiger partial charge < -0.3 is 0 Å². The van der Waals surface area contributed by atoms with E-state index in [-0.39, 0.29) is 25.2 Å². The van der Waals surface area contributed by atoms with Crippen LogP contribution >= 0.6 is 15.8 Å². The Labute approximate surface area is 109 Å². The zero-order valence-electron chi connectivity index (χ0n) is 8.43. The fourth-order valence-corrected chi connectivity index (χ4v) is 4.14. The molecule has 1 nitrogen and oxygen atoms in total. The normalized spacial score (nSPS) is 10.1. The molecule has 2 aromatic carbocycles. The zero-order valence-corrected chi connectivity index (χ0v) is 11.3. The SMILES string of the molecule is O=PP(c1ccccc1)c1ccccc1.[Fe]. The Kier molecular flexibility index (Phi) is 5.88. The maximum atomic E-state index is 11.2. The second kappa shape index (κ2) is 6.94. The Morgan fingerprint density at radius 3 is 1.44 bits per heavy atom. The first kappa shape index (κ1) is 13.6. The van der Waals surface area contributed by atoms with Crippen LogP contribution in [0.25, 0.3) is 0 Å². The molecule has 0 spiro atoms. The van der Waals surface area contributed by atoms with Crippen LogP contribution in [0.2, 0.25) is 0 Å². The van der Waals surface area contributed by atoms with Crippen molar-refractivity contribution in [2.24, 2.45) is 0 Å². The molecule has 16 heavy (non-hydrogen) atoms. The molecule has 0 atom stereocenters. The van der Waals surface area contributed by atoms with Crippen LogP contribution in [0.4, 0.5) is 0 Å². The molecule has 0 saturated heterocycles. The van der Waals surface area contributed by atoms with Gasteiger partial charge in [-0.25, -0.2) is 0 Å². The van der Waals surface area contributed by atoms with E-state index in [1.165, 1.54) is 0 Å². The third-order valence-corrected chi connectivity index (χ3v) is 5.70. The van der Waals surface area contributed by atoms with Gasteiger partial charge in [0.1, 0.15) is 0 Å².